The maximum absolute atomic E-state index is 9.25. The Hall–Kier alpha value is -1.79. The molecule has 0 spiro atoms. The van der Waals surface area contributed by atoms with Crippen LogP contribution < -0.4 is 16.4 Å². The molecule has 4 N–H and O–H groups in total. The minimum Gasteiger partial charge on any atom is -0.545 e. The minimum absolute atomic E-state index is 0. The summed E-state index contributed by atoms with van der Waals surface area (Å²) in [6.45, 7) is 8.76. The molecule has 0 rings (SSSR count). The van der Waals surface area contributed by atoms with E-state index in [1.165, 1.54) is 0 Å². The van der Waals surface area contributed by atoms with E-state index in [4.69, 9.17) is 24.9 Å². The van der Waals surface area contributed by atoms with E-state index in [0.29, 0.717) is 0 Å². The zero-order chi connectivity index (χ0) is 12.9. The molecule has 0 aromatic rings. The summed E-state index contributed by atoms with van der Waals surface area (Å²) in [6.07, 6.45) is 2.28. The third-order valence-corrected chi connectivity index (χ3v) is 0.508. The van der Waals surface area contributed by atoms with E-state index in [0.717, 1.165) is 18.2 Å². The molecule has 0 saturated heterocycles. The fourth-order valence-electron chi connectivity index (χ4n) is 0. The molecule has 17 heavy (non-hydrogen) atoms. The molecule has 0 aromatic heterocycles. The van der Waals surface area contributed by atoms with Crippen molar-refractivity contribution in [2.24, 2.45) is 0 Å². The summed E-state index contributed by atoms with van der Waals surface area (Å²) in [5.74, 6) is -3.44. The number of carboxylic acid groups (broad SMARTS) is 3. The fraction of sp³-hybridized carbons (Fsp3) is 0. The van der Waals surface area contributed by atoms with E-state index in [1.807, 2.05) is 0 Å². The number of carbonyl (C=O) groups excluding carboxylic acids is 2. The Balaban J connectivity index is -0.0000000400. The van der Waals surface area contributed by atoms with Gasteiger partial charge in [0.25, 0.3) is 0 Å². The predicted molar refractivity (Wildman–Crippen MR) is 53.3 cm³/mol. The molecule has 0 aliphatic rings. The van der Waals surface area contributed by atoms with Crippen molar-refractivity contribution in [2.75, 3.05) is 0 Å². The van der Waals surface area contributed by atoms with E-state index in [2.05, 4.69) is 19.7 Å². The zero-order valence-corrected chi connectivity index (χ0v) is 12.2. The average Bonchev–Trinajstić information content (AvgIpc) is 2.19. The third kappa shape index (κ3) is 119. The maximum Gasteiger partial charge on any atom is 2.00 e. The fourth-order valence-corrected chi connectivity index (χ4v) is 0. The largest absolute Gasteiger partial charge is 2.00 e. The molecule has 8 heteroatoms. The van der Waals surface area contributed by atoms with Gasteiger partial charge in [0.05, 0.1) is 11.9 Å². The van der Waals surface area contributed by atoms with E-state index in [1.54, 1.807) is 0 Å². The predicted octanol–water partition coefficient (Wildman–Crippen LogP) is -1.74. The van der Waals surface area contributed by atoms with Crippen molar-refractivity contribution in [3.63, 3.8) is 0 Å². The third-order valence-electron chi connectivity index (χ3n) is 0.508. The van der Waals surface area contributed by atoms with E-state index >= 15 is 0 Å². The van der Waals surface area contributed by atoms with E-state index < -0.39 is 17.9 Å². The van der Waals surface area contributed by atoms with Gasteiger partial charge in [-0.1, -0.05) is 19.7 Å². The Labute approximate surface area is 111 Å². The Kier molecular flexibility index (Phi) is 41.2. The second-order valence-electron chi connectivity index (χ2n) is 1.59. The Morgan fingerprint density at radius 3 is 1.00 bits per heavy atom. The van der Waals surface area contributed by atoms with Gasteiger partial charge in [-0.3, -0.25) is 0 Å². The first-order chi connectivity index (χ1) is 6.81. The van der Waals surface area contributed by atoms with Crippen molar-refractivity contribution in [3.8, 4) is 0 Å². The van der Waals surface area contributed by atoms with Crippen molar-refractivity contribution < 1.29 is 49.2 Å². The van der Waals surface area contributed by atoms with Crippen LogP contribution in [0.15, 0.2) is 38.0 Å². The summed E-state index contributed by atoms with van der Waals surface area (Å²) in [5, 5.41) is 25.9. The van der Waals surface area contributed by atoms with Crippen LogP contribution in [0, 0.1) is 0 Å². The Morgan fingerprint density at radius 2 is 1.00 bits per heavy atom. The van der Waals surface area contributed by atoms with Crippen molar-refractivity contribution in [1.29, 1.82) is 0 Å². The number of aliphatic carboxylic acids is 3. The summed E-state index contributed by atoms with van der Waals surface area (Å²) in [7, 11) is 0. The first-order valence-electron chi connectivity index (χ1n) is 3.33. The van der Waals surface area contributed by atoms with Crippen molar-refractivity contribution in [1.82, 2.24) is 6.15 Å². The van der Waals surface area contributed by atoms with Crippen LogP contribution in [-0.4, -0.2) is 23.0 Å². The summed E-state index contributed by atoms with van der Waals surface area (Å²) >= 11 is 0. The molecule has 0 aliphatic carbocycles. The maximum atomic E-state index is 9.25. The minimum atomic E-state index is -1.23. The quantitative estimate of drug-likeness (QED) is 0.463. The topological polar surface area (TPSA) is 153 Å². The normalized spacial score (nSPS) is 5.65. The first kappa shape index (κ1) is 29.5. The molecule has 0 radical (unpaired) electrons. The second-order valence-corrected chi connectivity index (χ2v) is 1.59. The van der Waals surface area contributed by atoms with Gasteiger partial charge >= 0.3 is 25.4 Å². The molecule has 7 nitrogen and oxygen atoms in total. The van der Waals surface area contributed by atoms with Gasteiger partial charge < -0.3 is 31.1 Å². The zero-order valence-electron chi connectivity index (χ0n) is 9.26. The standard InChI is InChI=1S/3C3H4O2.H3N.Zn/c3*1-2-3(4)5;;/h3*2H,1H2,(H,4,5);1H3;/q;;;;+2/p-2. The van der Waals surface area contributed by atoms with Gasteiger partial charge in [-0.2, -0.15) is 0 Å². The van der Waals surface area contributed by atoms with Gasteiger partial charge in [-0.15, -0.1) is 0 Å². The van der Waals surface area contributed by atoms with Crippen LogP contribution in [0.4, 0.5) is 0 Å². The van der Waals surface area contributed by atoms with E-state index in [9.17, 15) is 4.79 Å². The van der Waals surface area contributed by atoms with Crippen LogP contribution in [-0.2, 0) is 33.9 Å². The van der Waals surface area contributed by atoms with Gasteiger partial charge in [0.15, 0.2) is 0 Å². The molecular weight excluding hydrogens is 283 g/mol. The SMILES string of the molecule is C=CC(=O)O.C=CC(=O)[O-].C=CC(=O)[O-].N.[Zn+2]. The summed E-state index contributed by atoms with van der Waals surface area (Å²) < 4.78 is 0. The molecule has 0 fully saturated rings. The van der Waals surface area contributed by atoms with Crippen LogP contribution in [0.5, 0.6) is 0 Å². The molecule has 0 amide bonds. The summed E-state index contributed by atoms with van der Waals surface area (Å²) in [5.41, 5.74) is 0. The molecule has 0 aliphatic heterocycles. The molecular formula is C9H13NO6Zn. The number of hydrogen-bond acceptors (Lipinski definition) is 6. The van der Waals surface area contributed by atoms with Gasteiger partial charge in [-0.25, -0.2) is 4.79 Å². The van der Waals surface area contributed by atoms with Crippen LogP contribution >= 0.6 is 0 Å². The van der Waals surface area contributed by atoms with Crippen LogP contribution in [0.25, 0.3) is 0 Å². The van der Waals surface area contributed by atoms with Crippen molar-refractivity contribution >= 4 is 17.9 Å². The van der Waals surface area contributed by atoms with Crippen molar-refractivity contribution in [2.45, 2.75) is 0 Å². The van der Waals surface area contributed by atoms with Crippen LogP contribution in [0.3, 0.4) is 0 Å². The molecule has 92 valence electrons. The molecule has 0 saturated carbocycles. The molecule has 0 aromatic carbocycles. The summed E-state index contributed by atoms with van der Waals surface area (Å²) in [4.78, 5) is 27.5. The van der Waals surface area contributed by atoms with Gasteiger partial charge in [0, 0.05) is 6.08 Å². The second kappa shape index (κ2) is 23.8. The Bertz CT molecular complexity index is 221. The molecule has 0 heterocycles. The number of carbonyl (C=O) groups is 3. The first-order valence-corrected chi connectivity index (χ1v) is 3.33. The van der Waals surface area contributed by atoms with E-state index in [-0.39, 0.29) is 25.6 Å². The van der Waals surface area contributed by atoms with Crippen LogP contribution in [0.1, 0.15) is 0 Å². The van der Waals surface area contributed by atoms with Crippen LogP contribution in [0.2, 0.25) is 0 Å². The average molecular weight is 297 g/mol. The molecule has 0 unspecified atom stereocenters. The van der Waals surface area contributed by atoms with Crippen molar-refractivity contribution in [3.05, 3.63) is 38.0 Å². The smallest absolute Gasteiger partial charge is 0.545 e. The summed E-state index contributed by atoms with van der Waals surface area (Å²) in [6, 6.07) is 0. The molecule has 0 bridgehead atoms. The van der Waals surface area contributed by atoms with Gasteiger partial charge in [0.1, 0.15) is 0 Å². The van der Waals surface area contributed by atoms with Gasteiger partial charge in [-0.05, 0) is 12.2 Å². The number of hydrogen-bond donors (Lipinski definition) is 2. The monoisotopic (exact) mass is 295 g/mol. The number of rotatable bonds is 3. The van der Waals surface area contributed by atoms with Gasteiger partial charge in [0.2, 0.25) is 0 Å². The molecule has 0 atom stereocenters. The Morgan fingerprint density at radius 1 is 0.882 bits per heavy atom. The number of carboxylic acids is 3.